The SMILES string of the molecule is COC(=O)c1ccnc(N2CCN(CCF)CC2)n1. The maximum absolute atomic E-state index is 12.2. The Labute approximate surface area is 111 Å². The Morgan fingerprint density at radius 3 is 2.79 bits per heavy atom. The van der Waals surface area contributed by atoms with Gasteiger partial charge in [-0.3, -0.25) is 4.90 Å². The lowest BCUT2D eigenvalue weighted by molar-refractivity contribution is 0.0594. The number of hydrogen-bond acceptors (Lipinski definition) is 6. The summed E-state index contributed by atoms with van der Waals surface area (Å²) in [6.07, 6.45) is 1.54. The van der Waals surface area contributed by atoms with E-state index in [2.05, 4.69) is 19.6 Å². The molecule has 0 saturated carbocycles. The zero-order chi connectivity index (χ0) is 13.7. The second kappa shape index (κ2) is 6.42. The first-order chi connectivity index (χ1) is 9.24. The van der Waals surface area contributed by atoms with Crippen molar-refractivity contribution >= 4 is 11.9 Å². The molecule has 1 fully saturated rings. The zero-order valence-electron chi connectivity index (χ0n) is 10.9. The first kappa shape index (κ1) is 13.7. The molecule has 2 rings (SSSR count). The number of alkyl halides is 1. The number of piperazine rings is 1. The fourth-order valence-electron chi connectivity index (χ4n) is 2.01. The average Bonchev–Trinajstić information content (AvgIpc) is 2.48. The molecule has 19 heavy (non-hydrogen) atoms. The third-order valence-corrected chi connectivity index (χ3v) is 3.09. The van der Waals surface area contributed by atoms with Crippen LogP contribution >= 0.6 is 0 Å². The van der Waals surface area contributed by atoms with E-state index in [0.29, 0.717) is 12.5 Å². The van der Waals surface area contributed by atoms with Crippen molar-refractivity contribution in [2.45, 2.75) is 0 Å². The number of anilines is 1. The van der Waals surface area contributed by atoms with Crippen LogP contribution < -0.4 is 4.90 Å². The van der Waals surface area contributed by atoms with Gasteiger partial charge in [0.2, 0.25) is 5.95 Å². The molecule has 1 aromatic heterocycles. The van der Waals surface area contributed by atoms with Crippen molar-refractivity contribution < 1.29 is 13.9 Å². The second-order valence-electron chi connectivity index (χ2n) is 4.25. The Bertz CT molecular complexity index is 435. The van der Waals surface area contributed by atoms with Crippen LogP contribution in [0.5, 0.6) is 0 Å². The van der Waals surface area contributed by atoms with Gasteiger partial charge in [0.05, 0.1) is 7.11 Å². The van der Waals surface area contributed by atoms with Crippen molar-refractivity contribution in [2.75, 3.05) is 51.4 Å². The summed E-state index contributed by atoms with van der Waals surface area (Å²) in [5.74, 6) is 0.0440. The van der Waals surface area contributed by atoms with Crippen LogP contribution in [0, 0.1) is 0 Å². The number of ether oxygens (including phenoxy) is 1. The summed E-state index contributed by atoms with van der Waals surface area (Å²) in [5.41, 5.74) is 0.249. The highest BCUT2D eigenvalue weighted by Gasteiger charge is 2.19. The summed E-state index contributed by atoms with van der Waals surface area (Å²) in [5, 5.41) is 0. The zero-order valence-corrected chi connectivity index (χ0v) is 10.9. The summed E-state index contributed by atoms with van der Waals surface area (Å²) in [7, 11) is 1.32. The molecular formula is C12H17FN4O2. The predicted molar refractivity (Wildman–Crippen MR) is 68.0 cm³/mol. The van der Waals surface area contributed by atoms with Gasteiger partial charge in [-0.15, -0.1) is 0 Å². The molecule has 0 spiro atoms. The molecule has 0 bridgehead atoms. The molecule has 2 heterocycles. The van der Waals surface area contributed by atoms with Gasteiger partial charge in [0, 0.05) is 38.9 Å². The summed E-state index contributed by atoms with van der Waals surface area (Å²) in [6, 6.07) is 1.52. The van der Waals surface area contributed by atoms with E-state index < -0.39 is 5.97 Å². The average molecular weight is 268 g/mol. The van der Waals surface area contributed by atoms with Crippen LogP contribution in [-0.4, -0.2) is 67.3 Å². The van der Waals surface area contributed by atoms with Crippen molar-refractivity contribution in [2.24, 2.45) is 0 Å². The molecule has 1 saturated heterocycles. The van der Waals surface area contributed by atoms with Crippen molar-refractivity contribution in [1.29, 1.82) is 0 Å². The Morgan fingerprint density at radius 2 is 2.16 bits per heavy atom. The van der Waals surface area contributed by atoms with Crippen molar-refractivity contribution in [3.05, 3.63) is 18.0 Å². The normalized spacial score (nSPS) is 16.4. The van der Waals surface area contributed by atoms with Gasteiger partial charge in [-0.2, -0.15) is 0 Å². The van der Waals surface area contributed by atoms with Gasteiger partial charge in [-0.05, 0) is 6.07 Å². The van der Waals surface area contributed by atoms with E-state index in [-0.39, 0.29) is 12.4 Å². The van der Waals surface area contributed by atoms with Crippen LogP contribution in [-0.2, 0) is 4.74 Å². The van der Waals surface area contributed by atoms with Gasteiger partial charge in [-0.1, -0.05) is 0 Å². The van der Waals surface area contributed by atoms with E-state index in [1.54, 1.807) is 6.20 Å². The molecule has 0 radical (unpaired) electrons. The summed E-state index contributed by atoms with van der Waals surface area (Å²) < 4.78 is 16.9. The lowest BCUT2D eigenvalue weighted by Gasteiger charge is -2.34. The maximum atomic E-state index is 12.2. The lowest BCUT2D eigenvalue weighted by Crippen LogP contribution is -2.47. The minimum atomic E-state index is -0.472. The number of carbonyl (C=O) groups is 1. The van der Waals surface area contributed by atoms with Gasteiger partial charge in [-0.25, -0.2) is 19.2 Å². The summed E-state index contributed by atoms with van der Waals surface area (Å²) in [6.45, 7) is 3.14. The molecule has 0 aliphatic carbocycles. The minimum Gasteiger partial charge on any atom is -0.464 e. The van der Waals surface area contributed by atoms with Gasteiger partial charge in [0.1, 0.15) is 6.67 Å². The molecule has 6 nitrogen and oxygen atoms in total. The molecule has 0 amide bonds. The molecule has 0 aromatic carbocycles. The maximum Gasteiger partial charge on any atom is 0.356 e. The largest absolute Gasteiger partial charge is 0.464 e. The number of hydrogen-bond donors (Lipinski definition) is 0. The van der Waals surface area contributed by atoms with Crippen LogP contribution in [0.2, 0.25) is 0 Å². The van der Waals surface area contributed by atoms with Gasteiger partial charge < -0.3 is 9.64 Å². The molecule has 1 aliphatic rings. The molecule has 104 valence electrons. The van der Waals surface area contributed by atoms with E-state index in [4.69, 9.17) is 0 Å². The van der Waals surface area contributed by atoms with Gasteiger partial charge in [0.25, 0.3) is 0 Å². The van der Waals surface area contributed by atoms with Crippen LogP contribution in [0.15, 0.2) is 12.3 Å². The monoisotopic (exact) mass is 268 g/mol. The van der Waals surface area contributed by atoms with Gasteiger partial charge in [0.15, 0.2) is 5.69 Å². The number of rotatable bonds is 4. The number of aromatic nitrogens is 2. The topological polar surface area (TPSA) is 58.6 Å². The number of halogens is 1. The van der Waals surface area contributed by atoms with E-state index in [9.17, 15) is 9.18 Å². The Hall–Kier alpha value is -1.76. The van der Waals surface area contributed by atoms with Crippen molar-refractivity contribution in [3.63, 3.8) is 0 Å². The van der Waals surface area contributed by atoms with E-state index in [1.807, 2.05) is 4.90 Å². The van der Waals surface area contributed by atoms with Crippen LogP contribution in [0.1, 0.15) is 10.5 Å². The standard InChI is InChI=1S/C12H17FN4O2/c1-19-11(18)10-2-4-14-12(15-10)17-8-6-16(5-3-13)7-9-17/h2,4H,3,5-9H2,1H3. The molecule has 0 N–H and O–H groups in total. The number of methoxy groups -OCH3 is 1. The Balaban J connectivity index is 2.01. The number of carbonyl (C=O) groups excluding carboxylic acids is 1. The minimum absolute atomic E-state index is 0.249. The smallest absolute Gasteiger partial charge is 0.356 e. The number of esters is 1. The van der Waals surface area contributed by atoms with E-state index in [0.717, 1.165) is 26.2 Å². The van der Waals surface area contributed by atoms with Crippen molar-refractivity contribution in [3.8, 4) is 0 Å². The van der Waals surface area contributed by atoms with Crippen molar-refractivity contribution in [1.82, 2.24) is 14.9 Å². The third kappa shape index (κ3) is 3.37. The third-order valence-electron chi connectivity index (χ3n) is 3.09. The Kier molecular flexibility index (Phi) is 4.62. The highest BCUT2D eigenvalue weighted by Crippen LogP contribution is 2.11. The molecule has 1 aromatic rings. The quantitative estimate of drug-likeness (QED) is 0.735. The molecule has 1 aliphatic heterocycles. The van der Waals surface area contributed by atoms with Gasteiger partial charge >= 0.3 is 5.97 Å². The second-order valence-corrected chi connectivity index (χ2v) is 4.25. The molecule has 0 unspecified atom stereocenters. The molecular weight excluding hydrogens is 251 g/mol. The fourth-order valence-corrected chi connectivity index (χ4v) is 2.01. The van der Waals surface area contributed by atoms with Crippen LogP contribution in [0.4, 0.5) is 10.3 Å². The molecule has 0 atom stereocenters. The number of nitrogens with zero attached hydrogens (tertiary/aromatic N) is 4. The highest BCUT2D eigenvalue weighted by atomic mass is 19.1. The lowest BCUT2D eigenvalue weighted by atomic mass is 10.3. The summed E-state index contributed by atoms with van der Waals surface area (Å²) >= 11 is 0. The van der Waals surface area contributed by atoms with Crippen LogP contribution in [0.25, 0.3) is 0 Å². The highest BCUT2D eigenvalue weighted by molar-refractivity contribution is 5.87. The van der Waals surface area contributed by atoms with E-state index >= 15 is 0 Å². The fraction of sp³-hybridized carbons (Fsp3) is 0.583. The first-order valence-corrected chi connectivity index (χ1v) is 6.19. The summed E-state index contributed by atoms with van der Waals surface area (Å²) in [4.78, 5) is 23.8. The first-order valence-electron chi connectivity index (χ1n) is 6.19. The predicted octanol–water partition coefficient (Wildman–Crippen LogP) is 0.355. The van der Waals surface area contributed by atoms with E-state index in [1.165, 1.54) is 13.2 Å². The molecule has 7 heteroatoms. The Morgan fingerprint density at radius 1 is 1.42 bits per heavy atom. The van der Waals surface area contributed by atoms with Crippen LogP contribution in [0.3, 0.4) is 0 Å².